The first-order valence-corrected chi connectivity index (χ1v) is 8.33. The normalized spacial score (nSPS) is 18.6. The number of carbonyl (C=O) groups excluding carboxylic acids is 1. The van der Waals surface area contributed by atoms with Gasteiger partial charge in [-0.2, -0.15) is 11.8 Å². The minimum absolute atomic E-state index is 0.219. The maximum atomic E-state index is 12.4. The molecule has 5 nitrogen and oxygen atoms in total. The third-order valence-corrected chi connectivity index (χ3v) is 4.28. The summed E-state index contributed by atoms with van der Waals surface area (Å²) in [5.74, 6) is -0.819. The summed E-state index contributed by atoms with van der Waals surface area (Å²) < 4.78 is 0. The van der Waals surface area contributed by atoms with Crippen LogP contribution in [-0.2, 0) is 16.1 Å². The Bertz CT molecular complexity index is 521. The molecule has 1 unspecified atom stereocenters. The Morgan fingerprint density at radius 3 is 2.95 bits per heavy atom. The second-order valence-electron chi connectivity index (χ2n) is 5.06. The number of aliphatic carboxylic acids is 1. The SMILES string of the molecule is CSCC[C@@H](NC(=O)C1CNCc2ccccc21)C(=O)O. The van der Waals surface area contributed by atoms with E-state index in [4.69, 9.17) is 0 Å². The molecule has 1 aromatic rings. The van der Waals surface area contributed by atoms with E-state index < -0.39 is 12.0 Å². The Kier molecular flexibility index (Phi) is 5.64. The molecule has 0 saturated heterocycles. The third-order valence-electron chi connectivity index (χ3n) is 3.64. The molecular weight excluding hydrogens is 288 g/mol. The monoisotopic (exact) mass is 308 g/mol. The summed E-state index contributed by atoms with van der Waals surface area (Å²) >= 11 is 1.57. The highest BCUT2D eigenvalue weighted by atomic mass is 32.2. The molecule has 0 fully saturated rings. The number of fused-ring (bicyclic) bond motifs is 1. The number of carboxylic acids is 1. The maximum Gasteiger partial charge on any atom is 0.326 e. The molecule has 114 valence electrons. The van der Waals surface area contributed by atoms with Crippen molar-refractivity contribution in [2.75, 3.05) is 18.6 Å². The minimum atomic E-state index is -0.977. The lowest BCUT2D eigenvalue weighted by Gasteiger charge is -2.26. The van der Waals surface area contributed by atoms with Crippen molar-refractivity contribution in [3.8, 4) is 0 Å². The first-order chi connectivity index (χ1) is 10.1. The number of amides is 1. The van der Waals surface area contributed by atoms with Crippen LogP contribution in [0.25, 0.3) is 0 Å². The molecule has 0 aliphatic carbocycles. The summed E-state index contributed by atoms with van der Waals surface area (Å²) in [7, 11) is 0. The molecule has 0 radical (unpaired) electrons. The minimum Gasteiger partial charge on any atom is -0.480 e. The lowest BCUT2D eigenvalue weighted by Crippen LogP contribution is -2.46. The summed E-state index contributed by atoms with van der Waals surface area (Å²) in [5.41, 5.74) is 2.09. The number of hydrogen-bond acceptors (Lipinski definition) is 4. The maximum absolute atomic E-state index is 12.4. The van der Waals surface area contributed by atoms with Crippen molar-refractivity contribution < 1.29 is 14.7 Å². The number of benzene rings is 1. The summed E-state index contributed by atoms with van der Waals surface area (Å²) in [4.78, 5) is 23.6. The predicted molar refractivity (Wildman–Crippen MR) is 83.5 cm³/mol. The number of carbonyl (C=O) groups is 2. The van der Waals surface area contributed by atoms with Crippen LogP contribution in [0.3, 0.4) is 0 Å². The van der Waals surface area contributed by atoms with Gasteiger partial charge < -0.3 is 15.7 Å². The topological polar surface area (TPSA) is 78.4 Å². The van der Waals surface area contributed by atoms with Crippen LogP contribution in [0.5, 0.6) is 0 Å². The Morgan fingerprint density at radius 2 is 2.24 bits per heavy atom. The molecule has 0 spiro atoms. The first kappa shape index (κ1) is 15.9. The molecule has 1 heterocycles. The standard InChI is InChI=1S/C15H20N2O3S/c1-21-7-6-13(15(19)20)17-14(18)12-9-16-8-10-4-2-3-5-11(10)12/h2-5,12-13,16H,6-9H2,1H3,(H,17,18)(H,19,20)/t12?,13-/m1/s1. The van der Waals surface area contributed by atoms with E-state index in [0.717, 1.165) is 17.7 Å². The van der Waals surface area contributed by atoms with Gasteiger partial charge in [-0.05, 0) is 29.6 Å². The average molecular weight is 308 g/mol. The van der Waals surface area contributed by atoms with Gasteiger partial charge in [0.05, 0.1) is 5.92 Å². The largest absolute Gasteiger partial charge is 0.480 e. The van der Waals surface area contributed by atoms with Gasteiger partial charge in [0.25, 0.3) is 0 Å². The summed E-state index contributed by atoms with van der Waals surface area (Å²) in [6, 6.07) is 6.97. The quantitative estimate of drug-likeness (QED) is 0.736. The average Bonchev–Trinajstić information content (AvgIpc) is 2.50. The van der Waals surface area contributed by atoms with Crippen LogP contribution in [0.1, 0.15) is 23.5 Å². The van der Waals surface area contributed by atoms with Crippen LogP contribution in [0.4, 0.5) is 0 Å². The Hall–Kier alpha value is -1.53. The molecule has 0 bridgehead atoms. The second kappa shape index (κ2) is 7.47. The molecule has 1 aromatic carbocycles. The molecule has 0 saturated carbocycles. The summed E-state index contributed by atoms with van der Waals surface area (Å²) in [5, 5.41) is 15.1. The molecule has 21 heavy (non-hydrogen) atoms. The zero-order valence-corrected chi connectivity index (χ0v) is 12.8. The van der Waals surface area contributed by atoms with Crippen LogP contribution < -0.4 is 10.6 Å². The van der Waals surface area contributed by atoms with Crippen LogP contribution in [-0.4, -0.2) is 41.6 Å². The van der Waals surface area contributed by atoms with Crippen LogP contribution in [0.15, 0.2) is 24.3 Å². The summed E-state index contributed by atoms with van der Waals surface area (Å²) in [6.07, 6.45) is 2.35. The zero-order chi connectivity index (χ0) is 15.2. The van der Waals surface area contributed by atoms with E-state index in [1.807, 2.05) is 30.5 Å². The van der Waals surface area contributed by atoms with E-state index in [1.54, 1.807) is 11.8 Å². The van der Waals surface area contributed by atoms with Gasteiger partial charge in [0, 0.05) is 13.1 Å². The molecule has 0 aromatic heterocycles. The van der Waals surface area contributed by atoms with E-state index in [2.05, 4.69) is 10.6 Å². The van der Waals surface area contributed by atoms with Crippen molar-refractivity contribution in [2.45, 2.75) is 24.9 Å². The number of carboxylic acid groups (broad SMARTS) is 1. The molecule has 6 heteroatoms. The van der Waals surface area contributed by atoms with Crippen LogP contribution in [0.2, 0.25) is 0 Å². The highest BCUT2D eigenvalue weighted by Gasteiger charge is 2.29. The van der Waals surface area contributed by atoms with Gasteiger partial charge in [-0.1, -0.05) is 24.3 Å². The number of rotatable bonds is 6. The number of nitrogens with one attached hydrogen (secondary N) is 2. The van der Waals surface area contributed by atoms with Gasteiger partial charge in [0.15, 0.2) is 0 Å². The molecular formula is C15H20N2O3S. The van der Waals surface area contributed by atoms with E-state index in [0.29, 0.717) is 18.7 Å². The zero-order valence-electron chi connectivity index (χ0n) is 12.0. The van der Waals surface area contributed by atoms with E-state index in [1.165, 1.54) is 0 Å². The highest BCUT2D eigenvalue weighted by Crippen LogP contribution is 2.24. The molecule has 3 N–H and O–H groups in total. The fourth-order valence-corrected chi connectivity index (χ4v) is 2.97. The summed E-state index contributed by atoms with van der Waals surface area (Å²) in [6.45, 7) is 1.28. The number of hydrogen-bond donors (Lipinski definition) is 3. The predicted octanol–water partition coefficient (Wildman–Crippen LogP) is 1.20. The van der Waals surface area contributed by atoms with Gasteiger partial charge >= 0.3 is 5.97 Å². The fraction of sp³-hybridized carbons (Fsp3) is 0.467. The van der Waals surface area contributed by atoms with Crippen molar-refractivity contribution in [2.24, 2.45) is 0 Å². The van der Waals surface area contributed by atoms with Crippen molar-refractivity contribution >= 4 is 23.6 Å². The van der Waals surface area contributed by atoms with Crippen LogP contribution in [0, 0.1) is 0 Å². The van der Waals surface area contributed by atoms with Crippen molar-refractivity contribution in [3.63, 3.8) is 0 Å². The Morgan fingerprint density at radius 1 is 1.48 bits per heavy atom. The molecule has 1 aliphatic heterocycles. The smallest absolute Gasteiger partial charge is 0.326 e. The van der Waals surface area contributed by atoms with Gasteiger partial charge in [-0.15, -0.1) is 0 Å². The van der Waals surface area contributed by atoms with Crippen molar-refractivity contribution in [1.29, 1.82) is 0 Å². The fourth-order valence-electron chi connectivity index (χ4n) is 2.50. The van der Waals surface area contributed by atoms with Crippen molar-refractivity contribution in [3.05, 3.63) is 35.4 Å². The number of thioether (sulfide) groups is 1. The van der Waals surface area contributed by atoms with Gasteiger partial charge in [0.1, 0.15) is 6.04 Å². The first-order valence-electron chi connectivity index (χ1n) is 6.94. The Balaban J connectivity index is 2.08. The lowest BCUT2D eigenvalue weighted by atomic mass is 9.90. The highest BCUT2D eigenvalue weighted by molar-refractivity contribution is 7.98. The van der Waals surface area contributed by atoms with E-state index in [-0.39, 0.29) is 11.8 Å². The molecule has 2 atom stereocenters. The second-order valence-corrected chi connectivity index (χ2v) is 6.05. The van der Waals surface area contributed by atoms with Gasteiger partial charge in [-0.25, -0.2) is 4.79 Å². The van der Waals surface area contributed by atoms with Gasteiger partial charge in [0.2, 0.25) is 5.91 Å². The molecule has 1 amide bonds. The lowest BCUT2D eigenvalue weighted by molar-refractivity contribution is -0.142. The molecule has 2 rings (SSSR count). The van der Waals surface area contributed by atoms with Crippen molar-refractivity contribution in [1.82, 2.24) is 10.6 Å². The van der Waals surface area contributed by atoms with Gasteiger partial charge in [-0.3, -0.25) is 4.79 Å². The third kappa shape index (κ3) is 3.98. The Labute approximate surface area is 128 Å². The van der Waals surface area contributed by atoms with E-state index in [9.17, 15) is 14.7 Å². The van der Waals surface area contributed by atoms with Crippen LogP contribution >= 0.6 is 11.8 Å². The molecule has 1 aliphatic rings. The van der Waals surface area contributed by atoms with E-state index >= 15 is 0 Å².